The van der Waals surface area contributed by atoms with Crippen molar-refractivity contribution in [2.75, 3.05) is 37.4 Å². The lowest BCUT2D eigenvalue weighted by Crippen LogP contribution is -2.51. The molecule has 18 nitrogen and oxygen atoms in total. The lowest BCUT2D eigenvalue weighted by molar-refractivity contribution is -0.134. The molecular weight excluding hydrogens is 1030 g/mol. The van der Waals surface area contributed by atoms with E-state index in [9.17, 15) is 27.2 Å². The number of aryl methyl sites for hydroxylation is 2. The largest absolute Gasteiger partial charge is 0.476 e. The molecule has 3 aliphatic heterocycles. The minimum Gasteiger partial charge on any atom is -0.476 e. The fraction of sp³-hybridized carbons (Fsp3) is 0.400. The van der Waals surface area contributed by atoms with Crippen LogP contribution in [0.15, 0.2) is 86.9 Å². The number of H-pyrrole nitrogens is 1. The number of fused-ring (bicyclic) bond motifs is 2. The summed E-state index contributed by atoms with van der Waals surface area (Å²) in [7, 11) is -2.10. The molecule has 0 radical (unpaired) electrons. The highest BCUT2D eigenvalue weighted by Gasteiger charge is 2.46. The average molecular weight is 1090 g/mol. The Morgan fingerprint density at radius 1 is 1.06 bits per heavy atom. The Balaban J connectivity index is 0.780. The van der Waals surface area contributed by atoms with Gasteiger partial charge in [-0.15, -0.1) is 11.3 Å². The number of carbonyl (C=O) groups excluding carboxylic acids is 2. The molecule has 0 spiro atoms. The predicted molar refractivity (Wildman–Crippen MR) is 291 cm³/mol. The van der Waals surface area contributed by atoms with Gasteiger partial charge in [-0.3, -0.25) is 14.4 Å². The molecule has 8 heterocycles. The van der Waals surface area contributed by atoms with Crippen molar-refractivity contribution in [1.82, 2.24) is 45.3 Å². The Bertz CT molecular complexity index is 3610. The molecule has 3 atom stereocenters. The number of amides is 2. The van der Waals surface area contributed by atoms with Crippen molar-refractivity contribution in [3.8, 4) is 27.4 Å². The number of hydrogen-bond donors (Lipinski definition) is 3. The second-order valence-electron chi connectivity index (χ2n) is 20.5. The number of halogens is 2. The van der Waals surface area contributed by atoms with Crippen molar-refractivity contribution in [3.63, 3.8) is 0 Å². The number of amidine groups is 1. The molecule has 0 bridgehead atoms. The number of aromatic nitrogens is 5. The van der Waals surface area contributed by atoms with E-state index in [0.717, 1.165) is 52.8 Å². The number of aromatic amines is 1. The van der Waals surface area contributed by atoms with Crippen LogP contribution in [-0.2, 0) is 39.6 Å². The molecule has 10 rings (SSSR count). The Morgan fingerprint density at radius 3 is 2.57 bits per heavy atom. The van der Waals surface area contributed by atoms with Crippen LogP contribution in [0.2, 0.25) is 0 Å². The number of nitrogens with zero attached hydrogens (tertiary/aromatic N) is 8. The second kappa shape index (κ2) is 21.3. The van der Waals surface area contributed by atoms with E-state index < -0.39 is 44.7 Å². The second-order valence-corrected chi connectivity index (χ2v) is 23.5. The molecule has 404 valence electrons. The lowest BCUT2D eigenvalue weighted by Gasteiger charge is -2.32. The Labute approximate surface area is 448 Å². The van der Waals surface area contributed by atoms with Gasteiger partial charge in [0, 0.05) is 79.5 Å². The van der Waals surface area contributed by atoms with Gasteiger partial charge in [0.2, 0.25) is 5.91 Å². The summed E-state index contributed by atoms with van der Waals surface area (Å²) in [6.45, 7) is 11.9. The number of pyridine rings is 2. The highest BCUT2D eigenvalue weighted by atomic mass is 32.2. The first kappa shape index (κ1) is 53.1. The first-order valence-electron chi connectivity index (χ1n) is 25.8. The van der Waals surface area contributed by atoms with Crippen molar-refractivity contribution in [2.45, 2.75) is 96.6 Å². The normalized spacial score (nSPS) is 17.9. The summed E-state index contributed by atoms with van der Waals surface area (Å²) in [5, 5.41) is 9.76. The molecule has 22 heteroatoms. The van der Waals surface area contributed by atoms with Gasteiger partial charge in [0.25, 0.3) is 17.3 Å². The van der Waals surface area contributed by atoms with Gasteiger partial charge in [0.1, 0.15) is 23.1 Å². The quantitative estimate of drug-likeness (QED) is 0.0688. The molecule has 77 heavy (non-hydrogen) atoms. The molecule has 0 saturated carbocycles. The third-order valence-corrected chi connectivity index (χ3v) is 16.6. The van der Waals surface area contributed by atoms with E-state index in [2.05, 4.69) is 74.0 Å². The van der Waals surface area contributed by atoms with Crippen LogP contribution in [0.3, 0.4) is 0 Å². The molecule has 1 fully saturated rings. The van der Waals surface area contributed by atoms with Crippen molar-refractivity contribution in [2.24, 2.45) is 18.0 Å². The fourth-order valence-corrected chi connectivity index (χ4v) is 12.5. The predicted octanol–water partition coefficient (Wildman–Crippen LogP) is 8.64. The number of nitrogens with one attached hydrogen (secondary N) is 3. The van der Waals surface area contributed by atoms with Crippen LogP contribution in [0, 0.1) is 24.5 Å². The maximum Gasteiger partial charge on any atom is 0.274 e. The fourth-order valence-electron chi connectivity index (χ4n) is 10.9. The number of benzene rings is 2. The van der Waals surface area contributed by atoms with E-state index in [4.69, 9.17) is 14.3 Å². The summed E-state index contributed by atoms with van der Waals surface area (Å²) in [6, 6.07) is 13.7. The van der Waals surface area contributed by atoms with Crippen molar-refractivity contribution in [3.05, 3.63) is 128 Å². The molecular formula is C55H61F2N11O7S2. The van der Waals surface area contributed by atoms with E-state index in [0.29, 0.717) is 77.5 Å². The standard InChI is InChI=1S/C55H61F2N11O7S2/c1-8-68-55(5,36-16-14-33(15-17-36)49-32(4)61-30-76-49)62-50(63-68)42-13-12-19-66(42)53(70)46(31(2)3)44-24-45(64-75-44)74-20-11-9-10-18-58-52(69)38-23-43-39(21-34(38)29-77(7,72)73)40-28-65(6)54(71)48-47(40)35(25-59-48)27-67(43)51-41(57)22-37(56)26-60-51/h14-17,21-26,28,30-31,42,46,59H,8-13,18-20,27,29H2,1-7H3,(H,58,69)(H,62,63)/t42?,46?,55-/m1/s1. The number of carbonyl (C=O) groups is 2. The lowest BCUT2D eigenvalue weighted by atomic mass is 9.91. The van der Waals surface area contributed by atoms with Gasteiger partial charge in [-0.05, 0) is 91.4 Å². The van der Waals surface area contributed by atoms with Crippen LogP contribution in [0.25, 0.3) is 32.5 Å². The van der Waals surface area contributed by atoms with Gasteiger partial charge >= 0.3 is 0 Å². The van der Waals surface area contributed by atoms with Crippen molar-refractivity contribution in [1.29, 1.82) is 0 Å². The Morgan fingerprint density at radius 2 is 1.86 bits per heavy atom. The summed E-state index contributed by atoms with van der Waals surface area (Å²) >= 11 is 1.62. The molecule has 2 aromatic carbocycles. The minimum absolute atomic E-state index is 0.0125. The first-order chi connectivity index (χ1) is 36.8. The summed E-state index contributed by atoms with van der Waals surface area (Å²) in [4.78, 5) is 63.2. The smallest absolute Gasteiger partial charge is 0.274 e. The third kappa shape index (κ3) is 10.4. The summed E-state index contributed by atoms with van der Waals surface area (Å²) in [6.07, 6.45) is 8.59. The summed E-state index contributed by atoms with van der Waals surface area (Å²) in [5.41, 5.74) is 10.0. The molecule has 2 amide bonds. The van der Waals surface area contributed by atoms with E-state index in [-0.39, 0.29) is 65.9 Å². The highest BCUT2D eigenvalue weighted by Crippen LogP contribution is 2.45. The highest BCUT2D eigenvalue weighted by molar-refractivity contribution is 7.89. The maximum atomic E-state index is 15.6. The van der Waals surface area contributed by atoms with Gasteiger partial charge < -0.3 is 39.4 Å². The zero-order valence-corrected chi connectivity index (χ0v) is 45.6. The number of unbranched alkanes of at least 4 members (excludes halogenated alkanes) is 2. The summed E-state index contributed by atoms with van der Waals surface area (Å²) < 4.78 is 68.7. The third-order valence-electron chi connectivity index (χ3n) is 14.7. The van der Waals surface area contributed by atoms with Gasteiger partial charge in [-0.1, -0.05) is 45.0 Å². The first-order valence-corrected chi connectivity index (χ1v) is 28.7. The number of aliphatic imine (C=N–C) groups is 1. The van der Waals surface area contributed by atoms with Gasteiger partial charge in [0.15, 0.2) is 32.9 Å². The molecule has 2 unspecified atom stereocenters. The number of likely N-dealkylation sites (tertiary alicyclic amines) is 1. The zero-order chi connectivity index (χ0) is 54.5. The van der Waals surface area contributed by atoms with Crippen LogP contribution in [0.4, 0.5) is 20.3 Å². The maximum absolute atomic E-state index is 15.6. The SMILES string of the molecule is CCN1NC(C2CCCN2C(=O)C(c2cc(OCCCCCNC(=O)c3cc4c(cc3CS(C)(=O)=O)-c3cn(C)c(=O)c5[nH]cc(c35)CN4c3ncc(F)cc3F)no2)C(C)C)=N[C@@]1(C)c1ccc(-c2scnc2C)cc1. The molecule has 3 N–H and O–H groups in total. The zero-order valence-electron chi connectivity index (χ0n) is 43.9. The number of hydrazine groups is 1. The number of thiazole rings is 1. The van der Waals surface area contributed by atoms with E-state index in [1.807, 2.05) is 31.2 Å². The number of ether oxygens (including phenoxy) is 1. The van der Waals surface area contributed by atoms with Crippen LogP contribution in [0.1, 0.15) is 104 Å². The van der Waals surface area contributed by atoms with E-state index >= 15 is 4.39 Å². The van der Waals surface area contributed by atoms with Crippen molar-refractivity contribution >= 4 is 61.2 Å². The topological polar surface area (TPSA) is 213 Å². The summed E-state index contributed by atoms with van der Waals surface area (Å²) in [5.74, 6) is -2.44. The van der Waals surface area contributed by atoms with E-state index in [1.54, 1.807) is 42.9 Å². The van der Waals surface area contributed by atoms with Gasteiger partial charge in [0.05, 0.1) is 52.9 Å². The number of anilines is 2. The molecule has 7 aromatic rings. The van der Waals surface area contributed by atoms with Crippen LogP contribution < -0.4 is 25.9 Å². The minimum atomic E-state index is -3.69. The van der Waals surface area contributed by atoms with Gasteiger partial charge in [-0.25, -0.2) is 32.2 Å². The molecule has 3 aliphatic rings. The van der Waals surface area contributed by atoms with Crippen molar-refractivity contribution < 1.29 is 36.0 Å². The van der Waals surface area contributed by atoms with E-state index in [1.165, 1.54) is 15.5 Å². The van der Waals surface area contributed by atoms with Crippen LogP contribution >= 0.6 is 11.3 Å². The number of rotatable bonds is 18. The van der Waals surface area contributed by atoms with Crippen LogP contribution in [0.5, 0.6) is 5.88 Å². The average Bonchev–Trinajstić information content (AvgIpc) is 4.39. The molecule has 1 saturated heterocycles. The monoisotopic (exact) mass is 1090 g/mol. The Hall–Kier alpha value is -7.30. The molecule has 0 aliphatic carbocycles. The van der Waals surface area contributed by atoms with Gasteiger partial charge in [-0.2, -0.15) is 5.01 Å². The Kier molecular flexibility index (Phi) is 14.7. The number of hydrogen-bond acceptors (Lipinski definition) is 15. The number of sulfone groups is 1. The molecule has 5 aromatic heterocycles. The van der Waals surface area contributed by atoms with Crippen LogP contribution in [-0.4, -0.2) is 99.2 Å².